The summed E-state index contributed by atoms with van der Waals surface area (Å²) in [6.07, 6.45) is 1.61. The molecule has 1 aliphatic rings. The highest BCUT2D eigenvalue weighted by Gasteiger charge is 2.17. The first-order valence-electron chi connectivity index (χ1n) is 6.04. The van der Waals surface area contributed by atoms with E-state index >= 15 is 0 Å². The van der Waals surface area contributed by atoms with Gasteiger partial charge in [-0.05, 0) is 12.1 Å². The van der Waals surface area contributed by atoms with E-state index in [4.69, 9.17) is 10.8 Å². The van der Waals surface area contributed by atoms with Crippen LogP contribution in [0.3, 0.4) is 0 Å². The third-order valence-corrected chi connectivity index (χ3v) is 3.14. The van der Waals surface area contributed by atoms with Crippen LogP contribution in [-0.2, 0) is 0 Å². The Morgan fingerprint density at radius 3 is 2.72 bits per heavy atom. The summed E-state index contributed by atoms with van der Waals surface area (Å²) in [6, 6.07) is 3.35. The Labute approximate surface area is 106 Å². The molecule has 1 aliphatic heterocycles. The van der Waals surface area contributed by atoms with Gasteiger partial charge in [0.25, 0.3) is 0 Å². The van der Waals surface area contributed by atoms with Crippen LogP contribution in [0.25, 0.3) is 0 Å². The molecule has 0 aliphatic carbocycles. The van der Waals surface area contributed by atoms with Gasteiger partial charge in [0.1, 0.15) is 5.82 Å². The van der Waals surface area contributed by atoms with Gasteiger partial charge in [-0.1, -0.05) is 0 Å². The van der Waals surface area contributed by atoms with Crippen molar-refractivity contribution in [3.63, 3.8) is 0 Å². The van der Waals surface area contributed by atoms with Gasteiger partial charge in [0.2, 0.25) is 5.91 Å². The molecule has 0 bridgehead atoms. The van der Waals surface area contributed by atoms with E-state index in [0.717, 1.165) is 32.0 Å². The van der Waals surface area contributed by atoms with E-state index in [1.165, 1.54) is 0 Å². The number of carbonyl (C=O) groups excluding carboxylic acids is 1. The molecule has 1 aromatic heterocycles. The van der Waals surface area contributed by atoms with Gasteiger partial charge in [-0.3, -0.25) is 9.69 Å². The Kier molecular flexibility index (Phi) is 4.11. The Bertz CT molecular complexity index is 416. The van der Waals surface area contributed by atoms with Crippen molar-refractivity contribution in [2.24, 2.45) is 5.73 Å². The molecule has 2 rings (SSSR count). The number of hydrogen-bond donors (Lipinski definition) is 2. The number of hydrogen-bond acceptors (Lipinski definition) is 5. The van der Waals surface area contributed by atoms with E-state index in [2.05, 4.69) is 14.8 Å². The molecular weight excluding hydrogens is 232 g/mol. The van der Waals surface area contributed by atoms with Crippen LogP contribution in [-0.4, -0.2) is 60.2 Å². The highest BCUT2D eigenvalue weighted by Crippen LogP contribution is 2.14. The van der Waals surface area contributed by atoms with Crippen molar-refractivity contribution < 1.29 is 9.90 Å². The van der Waals surface area contributed by atoms with Crippen LogP contribution in [0.2, 0.25) is 0 Å². The standard InChI is InChI=1S/C12H18N4O2/c13-12(18)10-1-2-14-11(9-10)16-5-3-15(4-6-16)7-8-17/h1-2,9,17H,3-8H2,(H2,13,18). The molecule has 0 saturated carbocycles. The second kappa shape index (κ2) is 5.79. The number of nitrogens with zero attached hydrogens (tertiary/aromatic N) is 3. The maximum atomic E-state index is 11.1. The van der Waals surface area contributed by atoms with Crippen molar-refractivity contribution >= 4 is 11.7 Å². The molecule has 1 amide bonds. The average molecular weight is 250 g/mol. The number of rotatable bonds is 4. The molecule has 1 saturated heterocycles. The lowest BCUT2D eigenvalue weighted by molar-refractivity contribution is 0.1000. The average Bonchev–Trinajstić information content (AvgIpc) is 2.40. The van der Waals surface area contributed by atoms with Crippen molar-refractivity contribution in [1.29, 1.82) is 0 Å². The van der Waals surface area contributed by atoms with Crippen LogP contribution >= 0.6 is 0 Å². The molecule has 0 aromatic carbocycles. The minimum atomic E-state index is -0.433. The number of aliphatic hydroxyl groups is 1. The number of primary amides is 1. The number of anilines is 1. The number of pyridine rings is 1. The van der Waals surface area contributed by atoms with Crippen LogP contribution in [0.4, 0.5) is 5.82 Å². The third kappa shape index (κ3) is 2.96. The lowest BCUT2D eigenvalue weighted by Gasteiger charge is -2.35. The zero-order valence-electron chi connectivity index (χ0n) is 10.2. The van der Waals surface area contributed by atoms with E-state index in [1.54, 1.807) is 18.3 Å². The zero-order valence-corrected chi connectivity index (χ0v) is 10.2. The van der Waals surface area contributed by atoms with Crippen molar-refractivity contribution in [3.05, 3.63) is 23.9 Å². The van der Waals surface area contributed by atoms with Gasteiger partial charge < -0.3 is 15.7 Å². The van der Waals surface area contributed by atoms with Crippen LogP contribution in [0.5, 0.6) is 0 Å². The molecule has 2 heterocycles. The summed E-state index contributed by atoms with van der Waals surface area (Å²) in [5, 5.41) is 8.88. The van der Waals surface area contributed by atoms with E-state index in [-0.39, 0.29) is 6.61 Å². The molecule has 6 nitrogen and oxygen atoms in total. The van der Waals surface area contributed by atoms with E-state index in [1.807, 2.05) is 0 Å². The molecule has 0 unspecified atom stereocenters. The van der Waals surface area contributed by atoms with Crippen LogP contribution in [0.1, 0.15) is 10.4 Å². The summed E-state index contributed by atoms with van der Waals surface area (Å²) in [7, 11) is 0. The first kappa shape index (κ1) is 12.8. The molecule has 1 fully saturated rings. The van der Waals surface area contributed by atoms with Gasteiger partial charge >= 0.3 is 0 Å². The maximum Gasteiger partial charge on any atom is 0.248 e. The first-order chi connectivity index (χ1) is 8.70. The number of aromatic nitrogens is 1. The van der Waals surface area contributed by atoms with Crippen LogP contribution in [0, 0.1) is 0 Å². The summed E-state index contributed by atoms with van der Waals surface area (Å²) >= 11 is 0. The molecule has 1 aromatic rings. The number of carbonyl (C=O) groups is 1. The maximum absolute atomic E-state index is 11.1. The first-order valence-corrected chi connectivity index (χ1v) is 6.04. The molecule has 6 heteroatoms. The van der Waals surface area contributed by atoms with Crippen molar-refractivity contribution in [2.45, 2.75) is 0 Å². The summed E-state index contributed by atoms with van der Waals surface area (Å²) in [5.41, 5.74) is 5.74. The van der Waals surface area contributed by atoms with Gasteiger partial charge in [-0.15, -0.1) is 0 Å². The van der Waals surface area contributed by atoms with Crippen molar-refractivity contribution in [1.82, 2.24) is 9.88 Å². The fourth-order valence-corrected chi connectivity index (χ4v) is 2.09. The Balaban J connectivity index is 2.01. The predicted molar refractivity (Wildman–Crippen MR) is 68.5 cm³/mol. The molecule has 0 atom stereocenters. The number of aliphatic hydroxyl groups excluding tert-OH is 1. The number of amides is 1. The summed E-state index contributed by atoms with van der Waals surface area (Å²) in [6.45, 7) is 4.37. The topological polar surface area (TPSA) is 82.7 Å². The monoisotopic (exact) mass is 250 g/mol. The minimum absolute atomic E-state index is 0.190. The fourth-order valence-electron chi connectivity index (χ4n) is 2.09. The van der Waals surface area contributed by atoms with Gasteiger partial charge in [0.15, 0.2) is 0 Å². The second-order valence-electron chi connectivity index (χ2n) is 4.32. The predicted octanol–water partition coefficient (Wildman–Crippen LogP) is -0.705. The molecule has 0 radical (unpaired) electrons. The third-order valence-electron chi connectivity index (χ3n) is 3.14. The zero-order chi connectivity index (χ0) is 13.0. The Hall–Kier alpha value is -1.66. The normalized spacial score (nSPS) is 16.8. The SMILES string of the molecule is NC(=O)c1ccnc(N2CCN(CCO)CC2)c1. The molecule has 3 N–H and O–H groups in total. The van der Waals surface area contributed by atoms with E-state index < -0.39 is 5.91 Å². The van der Waals surface area contributed by atoms with Gasteiger partial charge in [0, 0.05) is 44.5 Å². The summed E-state index contributed by atoms with van der Waals surface area (Å²) in [5.74, 6) is 0.354. The van der Waals surface area contributed by atoms with E-state index in [0.29, 0.717) is 12.1 Å². The summed E-state index contributed by atoms with van der Waals surface area (Å²) < 4.78 is 0. The molecule has 0 spiro atoms. The van der Waals surface area contributed by atoms with Gasteiger partial charge in [-0.25, -0.2) is 4.98 Å². The van der Waals surface area contributed by atoms with Gasteiger partial charge in [-0.2, -0.15) is 0 Å². The summed E-state index contributed by atoms with van der Waals surface area (Å²) in [4.78, 5) is 19.7. The Morgan fingerprint density at radius 2 is 2.11 bits per heavy atom. The molecular formula is C12H18N4O2. The largest absolute Gasteiger partial charge is 0.395 e. The molecule has 98 valence electrons. The van der Waals surface area contributed by atoms with Crippen molar-refractivity contribution in [3.8, 4) is 0 Å². The quantitative estimate of drug-likeness (QED) is 0.738. The fraction of sp³-hybridized carbons (Fsp3) is 0.500. The van der Waals surface area contributed by atoms with Crippen LogP contribution in [0.15, 0.2) is 18.3 Å². The highest BCUT2D eigenvalue weighted by molar-refractivity contribution is 5.93. The lowest BCUT2D eigenvalue weighted by Crippen LogP contribution is -2.47. The second-order valence-corrected chi connectivity index (χ2v) is 4.32. The smallest absolute Gasteiger partial charge is 0.248 e. The number of β-amino-alcohol motifs (C(OH)–C–C–N with tert-alkyl or cyclic N) is 1. The van der Waals surface area contributed by atoms with E-state index in [9.17, 15) is 4.79 Å². The van der Waals surface area contributed by atoms with Crippen LogP contribution < -0.4 is 10.6 Å². The Morgan fingerprint density at radius 1 is 1.39 bits per heavy atom. The van der Waals surface area contributed by atoms with Gasteiger partial charge in [0.05, 0.1) is 6.61 Å². The van der Waals surface area contributed by atoms with Crippen molar-refractivity contribution in [2.75, 3.05) is 44.2 Å². The lowest BCUT2D eigenvalue weighted by atomic mass is 10.2. The molecule has 18 heavy (non-hydrogen) atoms. The highest BCUT2D eigenvalue weighted by atomic mass is 16.3. The number of piperazine rings is 1. The minimum Gasteiger partial charge on any atom is -0.395 e. The number of nitrogens with two attached hydrogens (primary N) is 1.